The zero-order chi connectivity index (χ0) is 9.42. The number of hydrogen-bond donors (Lipinski definition) is 0. The van der Waals surface area contributed by atoms with Gasteiger partial charge >= 0.3 is 0 Å². The van der Waals surface area contributed by atoms with Crippen molar-refractivity contribution in [1.82, 2.24) is 0 Å². The van der Waals surface area contributed by atoms with Crippen molar-refractivity contribution >= 4 is 6.29 Å². The van der Waals surface area contributed by atoms with Gasteiger partial charge in [-0.05, 0) is 13.0 Å². The zero-order valence-electron chi connectivity index (χ0n) is 7.21. The number of benzene rings is 1. The molecule has 1 aliphatic heterocycles. The molecule has 0 spiro atoms. The standard InChI is InChI=1S/C10H9FO2/c1-6-2-9-7(5-12)3-8(11)4-10(9)13-6/h3-6H,2H2,1H3. The molecular weight excluding hydrogens is 171 g/mol. The lowest BCUT2D eigenvalue weighted by molar-refractivity contribution is 0.112. The van der Waals surface area contributed by atoms with Crippen molar-refractivity contribution < 1.29 is 13.9 Å². The second kappa shape index (κ2) is 2.83. The van der Waals surface area contributed by atoms with E-state index in [4.69, 9.17) is 4.74 Å². The molecule has 68 valence electrons. The maximum atomic E-state index is 12.9. The van der Waals surface area contributed by atoms with E-state index in [-0.39, 0.29) is 6.10 Å². The molecule has 3 heteroatoms. The molecule has 0 N–H and O–H groups in total. The van der Waals surface area contributed by atoms with Gasteiger partial charge in [0.05, 0.1) is 0 Å². The Kier molecular flexibility index (Phi) is 1.79. The van der Waals surface area contributed by atoms with Crippen molar-refractivity contribution in [3.8, 4) is 5.75 Å². The first-order chi connectivity index (χ1) is 6.20. The van der Waals surface area contributed by atoms with Crippen LogP contribution in [0.4, 0.5) is 4.39 Å². The largest absolute Gasteiger partial charge is 0.490 e. The van der Waals surface area contributed by atoms with Gasteiger partial charge in [0.2, 0.25) is 0 Å². The molecule has 1 unspecified atom stereocenters. The fourth-order valence-electron chi connectivity index (χ4n) is 1.61. The van der Waals surface area contributed by atoms with Gasteiger partial charge in [0.15, 0.2) is 6.29 Å². The second-order valence-corrected chi connectivity index (χ2v) is 3.22. The molecule has 1 aromatic rings. The topological polar surface area (TPSA) is 26.3 Å². The zero-order valence-corrected chi connectivity index (χ0v) is 7.21. The molecule has 0 aliphatic carbocycles. The summed E-state index contributed by atoms with van der Waals surface area (Å²) < 4.78 is 18.2. The molecule has 2 rings (SSSR count). The van der Waals surface area contributed by atoms with Crippen LogP contribution < -0.4 is 4.74 Å². The number of ether oxygens (including phenoxy) is 1. The van der Waals surface area contributed by atoms with E-state index in [9.17, 15) is 9.18 Å². The molecule has 0 amide bonds. The average Bonchev–Trinajstić information content (AvgIpc) is 2.43. The number of fused-ring (bicyclic) bond motifs is 1. The van der Waals surface area contributed by atoms with Gasteiger partial charge in [0, 0.05) is 23.6 Å². The van der Waals surface area contributed by atoms with Gasteiger partial charge in [-0.1, -0.05) is 0 Å². The average molecular weight is 180 g/mol. The van der Waals surface area contributed by atoms with Crippen LogP contribution in [0, 0.1) is 5.82 Å². The summed E-state index contributed by atoms with van der Waals surface area (Å²) in [6.07, 6.45) is 1.39. The van der Waals surface area contributed by atoms with Gasteiger partial charge in [-0.15, -0.1) is 0 Å². The van der Waals surface area contributed by atoms with Crippen molar-refractivity contribution in [2.45, 2.75) is 19.4 Å². The molecule has 1 aromatic carbocycles. The van der Waals surface area contributed by atoms with Crippen molar-refractivity contribution in [2.75, 3.05) is 0 Å². The summed E-state index contributed by atoms with van der Waals surface area (Å²) in [4.78, 5) is 10.6. The van der Waals surface area contributed by atoms with E-state index in [1.165, 1.54) is 12.1 Å². The number of aldehydes is 1. The quantitative estimate of drug-likeness (QED) is 0.617. The molecule has 0 bridgehead atoms. The minimum absolute atomic E-state index is 0.0375. The van der Waals surface area contributed by atoms with Crippen LogP contribution >= 0.6 is 0 Å². The lowest BCUT2D eigenvalue weighted by Crippen LogP contribution is -2.05. The van der Waals surface area contributed by atoms with Crippen LogP contribution in [0.25, 0.3) is 0 Å². The third-order valence-corrected chi connectivity index (χ3v) is 2.15. The Bertz CT molecular complexity index is 360. The Morgan fingerprint density at radius 2 is 2.38 bits per heavy atom. The van der Waals surface area contributed by atoms with E-state index in [0.29, 0.717) is 24.0 Å². The van der Waals surface area contributed by atoms with Crippen molar-refractivity contribution in [3.63, 3.8) is 0 Å². The van der Waals surface area contributed by atoms with Gasteiger partial charge < -0.3 is 4.74 Å². The van der Waals surface area contributed by atoms with Crippen molar-refractivity contribution in [1.29, 1.82) is 0 Å². The third-order valence-electron chi connectivity index (χ3n) is 2.15. The highest BCUT2D eigenvalue weighted by atomic mass is 19.1. The summed E-state index contributed by atoms with van der Waals surface area (Å²) in [5.41, 5.74) is 1.23. The Labute approximate surface area is 75.3 Å². The molecule has 0 saturated heterocycles. The highest BCUT2D eigenvalue weighted by Crippen LogP contribution is 2.31. The van der Waals surface area contributed by atoms with Crippen LogP contribution in [0.5, 0.6) is 5.75 Å². The normalized spacial score (nSPS) is 19.4. The van der Waals surface area contributed by atoms with Crippen LogP contribution in [0.15, 0.2) is 12.1 Å². The van der Waals surface area contributed by atoms with E-state index in [0.717, 1.165) is 5.56 Å². The van der Waals surface area contributed by atoms with Crippen molar-refractivity contribution in [2.24, 2.45) is 0 Å². The Hall–Kier alpha value is -1.38. The summed E-state index contributed by atoms with van der Waals surface area (Å²) >= 11 is 0. The second-order valence-electron chi connectivity index (χ2n) is 3.22. The monoisotopic (exact) mass is 180 g/mol. The predicted octanol–water partition coefficient (Wildman–Crippen LogP) is 1.96. The van der Waals surface area contributed by atoms with Gasteiger partial charge in [0.1, 0.15) is 17.7 Å². The van der Waals surface area contributed by atoms with Crippen LogP contribution in [0.2, 0.25) is 0 Å². The van der Waals surface area contributed by atoms with Crippen LogP contribution in [-0.4, -0.2) is 12.4 Å². The highest BCUT2D eigenvalue weighted by Gasteiger charge is 2.22. The van der Waals surface area contributed by atoms with Gasteiger partial charge in [-0.3, -0.25) is 4.79 Å². The molecule has 0 aromatic heterocycles. The lowest BCUT2D eigenvalue weighted by Gasteiger charge is -2.02. The molecular formula is C10H9FO2. The third kappa shape index (κ3) is 1.30. The summed E-state index contributed by atoms with van der Waals surface area (Å²) in [7, 11) is 0. The summed E-state index contributed by atoms with van der Waals surface area (Å²) in [5, 5.41) is 0. The fraction of sp³-hybridized carbons (Fsp3) is 0.300. The Morgan fingerprint density at radius 3 is 3.08 bits per heavy atom. The number of carbonyl (C=O) groups is 1. The number of hydrogen-bond acceptors (Lipinski definition) is 2. The molecule has 13 heavy (non-hydrogen) atoms. The predicted molar refractivity (Wildman–Crippen MR) is 45.6 cm³/mol. The van der Waals surface area contributed by atoms with Crippen LogP contribution in [0.1, 0.15) is 22.8 Å². The molecule has 0 radical (unpaired) electrons. The molecule has 2 nitrogen and oxygen atoms in total. The van der Waals surface area contributed by atoms with E-state index in [2.05, 4.69) is 0 Å². The van der Waals surface area contributed by atoms with Gasteiger partial charge in [-0.2, -0.15) is 0 Å². The fourth-order valence-corrected chi connectivity index (χ4v) is 1.61. The smallest absolute Gasteiger partial charge is 0.150 e. The van der Waals surface area contributed by atoms with E-state index in [1.807, 2.05) is 6.92 Å². The molecule has 0 fully saturated rings. The summed E-state index contributed by atoms with van der Waals surface area (Å²) in [6.45, 7) is 1.90. The molecule has 1 heterocycles. The summed E-state index contributed by atoms with van der Waals surface area (Å²) in [5.74, 6) is 0.0875. The van der Waals surface area contributed by atoms with Crippen LogP contribution in [0.3, 0.4) is 0 Å². The Morgan fingerprint density at radius 1 is 1.62 bits per heavy atom. The van der Waals surface area contributed by atoms with Gasteiger partial charge in [-0.25, -0.2) is 4.39 Å². The first-order valence-corrected chi connectivity index (χ1v) is 4.15. The molecule has 0 saturated carbocycles. The number of halogens is 1. The number of rotatable bonds is 1. The maximum absolute atomic E-state index is 12.9. The molecule has 1 atom stereocenters. The van der Waals surface area contributed by atoms with Crippen molar-refractivity contribution in [3.05, 3.63) is 29.1 Å². The highest BCUT2D eigenvalue weighted by molar-refractivity contribution is 5.79. The molecule has 1 aliphatic rings. The SMILES string of the molecule is CC1Cc2c(C=O)cc(F)cc2O1. The van der Waals surface area contributed by atoms with E-state index >= 15 is 0 Å². The first-order valence-electron chi connectivity index (χ1n) is 4.15. The lowest BCUT2D eigenvalue weighted by atomic mass is 10.0. The number of carbonyl (C=O) groups excluding carboxylic acids is 1. The van der Waals surface area contributed by atoms with E-state index in [1.54, 1.807) is 0 Å². The maximum Gasteiger partial charge on any atom is 0.150 e. The van der Waals surface area contributed by atoms with E-state index < -0.39 is 5.82 Å². The first kappa shape index (κ1) is 8.23. The van der Waals surface area contributed by atoms with Crippen LogP contribution in [-0.2, 0) is 6.42 Å². The minimum atomic E-state index is -0.421. The Balaban J connectivity index is 2.56. The summed E-state index contributed by atoms with van der Waals surface area (Å²) in [6, 6.07) is 2.57. The van der Waals surface area contributed by atoms with Gasteiger partial charge in [0.25, 0.3) is 0 Å². The minimum Gasteiger partial charge on any atom is -0.490 e.